The number of carboxylic acids is 1. The summed E-state index contributed by atoms with van der Waals surface area (Å²) in [5.74, 6) is -1.08. The molecule has 1 N–H and O–H groups in total. The Balaban J connectivity index is 2.14. The predicted molar refractivity (Wildman–Crippen MR) is 82.6 cm³/mol. The first-order chi connectivity index (χ1) is 9.51. The van der Waals surface area contributed by atoms with Gasteiger partial charge >= 0.3 is 5.97 Å². The number of hydrogen-bond acceptors (Lipinski definition) is 4. The fourth-order valence-corrected chi connectivity index (χ4v) is 4.41. The quantitative estimate of drug-likeness (QED) is 0.891. The SMILES string of the molecule is CCCN(CC(=O)O)C(=O)Cc1csc2sc(C)cc12. The zero-order chi connectivity index (χ0) is 14.7. The third kappa shape index (κ3) is 3.37. The van der Waals surface area contributed by atoms with Crippen LogP contribution in [0.15, 0.2) is 11.4 Å². The van der Waals surface area contributed by atoms with Gasteiger partial charge in [-0.3, -0.25) is 9.59 Å². The minimum atomic E-state index is -0.964. The summed E-state index contributed by atoms with van der Waals surface area (Å²) in [6.07, 6.45) is 1.04. The van der Waals surface area contributed by atoms with Gasteiger partial charge in [-0.25, -0.2) is 0 Å². The van der Waals surface area contributed by atoms with Gasteiger partial charge in [-0.05, 0) is 30.4 Å². The third-order valence-electron chi connectivity index (χ3n) is 2.99. The van der Waals surface area contributed by atoms with E-state index in [4.69, 9.17) is 5.11 Å². The predicted octanol–water partition coefficient (Wildman–Crippen LogP) is 3.14. The Kier molecular flexibility index (Phi) is 4.77. The molecule has 0 unspecified atom stereocenters. The molecule has 108 valence electrons. The van der Waals surface area contributed by atoms with Crippen LogP contribution < -0.4 is 0 Å². The normalized spacial score (nSPS) is 10.9. The summed E-state index contributed by atoms with van der Waals surface area (Å²) < 4.78 is 1.23. The highest BCUT2D eigenvalue weighted by Gasteiger charge is 2.18. The van der Waals surface area contributed by atoms with E-state index < -0.39 is 5.97 Å². The second kappa shape index (κ2) is 6.37. The van der Waals surface area contributed by atoms with Crippen LogP contribution in [0.25, 0.3) is 9.40 Å². The van der Waals surface area contributed by atoms with Gasteiger partial charge in [-0.1, -0.05) is 6.92 Å². The molecular formula is C14H17NO3S2. The van der Waals surface area contributed by atoms with Crippen LogP contribution in [0.5, 0.6) is 0 Å². The van der Waals surface area contributed by atoms with Crippen molar-refractivity contribution in [2.75, 3.05) is 13.1 Å². The molecule has 20 heavy (non-hydrogen) atoms. The number of rotatable bonds is 6. The number of carbonyl (C=O) groups excluding carboxylic acids is 1. The maximum Gasteiger partial charge on any atom is 0.323 e. The topological polar surface area (TPSA) is 57.6 Å². The van der Waals surface area contributed by atoms with Crippen molar-refractivity contribution in [3.63, 3.8) is 0 Å². The van der Waals surface area contributed by atoms with E-state index in [2.05, 4.69) is 13.0 Å². The van der Waals surface area contributed by atoms with Crippen LogP contribution in [-0.4, -0.2) is 35.0 Å². The first-order valence-electron chi connectivity index (χ1n) is 6.47. The third-order valence-corrected chi connectivity index (χ3v) is 5.21. The van der Waals surface area contributed by atoms with E-state index in [9.17, 15) is 9.59 Å². The minimum absolute atomic E-state index is 0.113. The van der Waals surface area contributed by atoms with Crippen molar-refractivity contribution in [2.24, 2.45) is 0 Å². The average molecular weight is 311 g/mol. The van der Waals surface area contributed by atoms with Crippen LogP contribution in [0.2, 0.25) is 0 Å². The summed E-state index contributed by atoms with van der Waals surface area (Å²) >= 11 is 3.38. The number of fused-ring (bicyclic) bond motifs is 1. The fourth-order valence-electron chi connectivity index (χ4n) is 2.13. The maximum atomic E-state index is 12.3. The van der Waals surface area contributed by atoms with Gasteiger partial charge in [0, 0.05) is 16.8 Å². The van der Waals surface area contributed by atoms with Gasteiger partial charge in [0.15, 0.2) is 0 Å². The Morgan fingerprint density at radius 1 is 1.40 bits per heavy atom. The van der Waals surface area contributed by atoms with Crippen LogP contribution in [0, 0.1) is 6.92 Å². The molecule has 4 nitrogen and oxygen atoms in total. The highest BCUT2D eigenvalue weighted by molar-refractivity contribution is 7.37. The van der Waals surface area contributed by atoms with Gasteiger partial charge in [0.2, 0.25) is 5.91 Å². The van der Waals surface area contributed by atoms with Crippen molar-refractivity contribution in [3.8, 4) is 0 Å². The van der Waals surface area contributed by atoms with E-state index in [0.717, 1.165) is 17.4 Å². The number of nitrogens with zero attached hydrogens (tertiary/aromatic N) is 1. The number of aliphatic carboxylic acids is 1. The average Bonchev–Trinajstić information content (AvgIpc) is 2.89. The summed E-state index contributed by atoms with van der Waals surface area (Å²) in [4.78, 5) is 25.7. The van der Waals surface area contributed by atoms with Gasteiger partial charge in [0.25, 0.3) is 0 Å². The first kappa shape index (κ1) is 15.0. The van der Waals surface area contributed by atoms with Gasteiger partial charge in [-0.15, -0.1) is 22.7 Å². The molecule has 0 fully saturated rings. The molecule has 1 amide bonds. The van der Waals surface area contributed by atoms with Crippen LogP contribution in [0.4, 0.5) is 0 Å². The van der Waals surface area contributed by atoms with Crippen molar-refractivity contribution >= 4 is 43.9 Å². The molecule has 0 saturated heterocycles. The van der Waals surface area contributed by atoms with Crippen molar-refractivity contribution < 1.29 is 14.7 Å². The van der Waals surface area contributed by atoms with Crippen LogP contribution >= 0.6 is 22.7 Å². The first-order valence-corrected chi connectivity index (χ1v) is 8.17. The van der Waals surface area contributed by atoms with Gasteiger partial charge in [-0.2, -0.15) is 0 Å². The van der Waals surface area contributed by atoms with Crippen molar-refractivity contribution in [2.45, 2.75) is 26.7 Å². The monoisotopic (exact) mass is 311 g/mol. The molecule has 0 aliphatic carbocycles. The molecule has 0 aliphatic rings. The molecule has 2 rings (SSSR count). The second-order valence-corrected chi connectivity index (χ2v) is 7.10. The van der Waals surface area contributed by atoms with E-state index in [-0.39, 0.29) is 18.9 Å². The van der Waals surface area contributed by atoms with Crippen molar-refractivity contribution in [1.29, 1.82) is 0 Å². The van der Waals surface area contributed by atoms with Crippen LogP contribution in [0.3, 0.4) is 0 Å². The Hall–Kier alpha value is -1.40. The summed E-state index contributed by atoms with van der Waals surface area (Å²) in [5, 5.41) is 12.0. The summed E-state index contributed by atoms with van der Waals surface area (Å²) in [6, 6.07) is 2.10. The van der Waals surface area contributed by atoms with Crippen molar-refractivity contribution in [3.05, 3.63) is 21.9 Å². The number of amides is 1. The van der Waals surface area contributed by atoms with Crippen LogP contribution in [-0.2, 0) is 16.0 Å². The molecule has 0 spiro atoms. The number of carbonyl (C=O) groups is 2. The number of hydrogen-bond donors (Lipinski definition) is 1. The number of aryl methyl sites for hydroxylation is 1. The Bertz CT molecular complexity index is 629. The molecule has 2 aromatic rings. The molecule has 0 saturated carbocycles. The smallest absolute Gasteiger partial charge is 0.323 e. The molecule has 0 bridgehead atoms. The highest BCUT2D eigenvalue weighted by atomic mass is 32.2. The van der Waals surface area contributed by atoms with E-state index in [1.54, 1.807) is 22.7 Å². The summed E-state index contributed by atoms with van der Waals surface area (Å²) in [7, 11) is 0. The highest BCUT2D eigenvalue weighted by Crippen LogP contribution is 2.33. The van der Waals surface area contributed by atoms with E-state index >= 15 is 0 Å². The Morgan fingerprint density at radius 2 is 2.15 bits per heavy atom. The summed E-state index contributed by atoms with van der Waals surface area (Å²) in [6.45, 7) is 4.26. The molecule has 6 heteroatoms. The molecule has 2 heterocycles. The zero-order valence-corrected chi connectivity index (χ0v) is 13.1. The lowest BCUT2D eigenvalue weighted by Gasteiger charge is -2.19. The Morgan fingerprint density at radius 3 is 2.80 bits per heavy atom. The van der Waals surface area contributed by atoms with Crippen molar-refractivity contribution in [1.82, 2.24) is 4.90 Å². The van der Waals surface area contributed by atoms with Crippen LogP contribution in [0.1, 0.15) is 23.8 Å². The molecule has 0 aliphatic heterocycles. The lowest BCUT2D eigenvalue weighted by molar-refractivity contribution is -0.144. The standard InChI is InChI=1S/C14H17NO3S2/c1-3-4-15(7-13(17)18)12(16)6-10-8-19-14-11(10)5-9(2)20-14/h5,8H,3-4,6-7H2,1-2H3,(H,17,18). The fraction of sp³-hybridized carbons (Fsp3) is 0.429. The van der Waals surface area contributed by atoms with Gasteiger partial charge in [0.1, 0.15) is 6.54 Å². The molecule has 0 radical (unpaired) electrons. The molecule has 0 atom stereocenters. The number of carboxylic acid groups (broad SMARTS) is 1. The number of thiophene rings is 2. The van der Waals surface area contributed by atoms with Gasteiger partial charge < -0.3 is 10.0 Å². The van der Waals surface area contributed by atoms with E-state index in [1.165, 1.54) is 13.8 Å². The van der Waals surface area contributed by atoms with Gasteiger partial charge in [0.05, 0.1) is 10.4 Å². The second-order valence-electron chi connectivity index (χ2n) is 4.70. The van der Waals surface area contributed by atoms with E-state index in [0.29, 0.717) is 6.54 Å². The maximum absolute atomic E-state index is 12.3. The molecular weight excluding hydrogens is 294 g/mol. The largest absolute Gasteiger partial charge is 0.480 e. The lowest BCUT2D eigenvalue weighted by Crippen LogP contribution is -2.37. The summed E-state index contributed by atoms with van der Waals surface area (Å²) in [5.41, 5.74) is 1.01. The lowest BCUT2D eigenvalue weighted by atomic mass is 10.1. The minimum Gasteiger partial charge on any atom is -0.480 e. The molecule has 2 aromatic heterocycles. The zero-order valence-electron chi connectivity index (χ0n) is 11.5. The van der Waals surface area contributed by atoms with E-state index in [1.807, 2.05) is 12.3 Å². The Labute approximate surface area is 125 Å². The molecule has 0 aromatic carbocycles.